The summed E-state index contributed by atoms with van der Waals surface area (Å²) in [6, 6.07) is 3.43. The third kappa shape index (κ3) is 3.31. The Morgan fingerprint density at radius 3 is 3.00 bits per heavy atom. The largest absolute Gasteiger partial charge is 0.324 e. The minimum atomic E-state index is -0.373. The van der Waals surface area contributed by atoms with Crippen LogP contribution < -0.4 is 5.32 Å². The van der Waals surface area contributed by atoms with Gasteiger partial charge in [0.1, 0.15) is 5.82 Å². The number of thiophene rings is 1. The van der Waals surface area contributed by atoms with Gasteiger partial charge >= 0.3 is 5.00 Å². The van der Waals surface area contributed by atoms with Crippen LogP contribution in [0.5, 0.6) is 0 Å². The van der Waals surface area contributed by atoms with Crippen LogP contribution in [0.3, 0.4) is 0 Å². The molecule has 2 heterocycles. The van der Waals surface area contributed by atoms with E-state index < -0.39 is 0 Å². The number of nitrogens with zero attached hydrogens (tertiary/aromatic N) is 3. The first-order valence-electron chi connectivity index (χ1n) is 5.36. The molecule has 0 saturated heterocycles. The van der Waals surface area contributed by atoms with E-state index >= 15 is 0 Å². The van der Waals surface area contributed by atoms with Gasteiger partial charge in [-0.1, -0.05) is 11.3 Å². The lowest BCUT2D eigenvalue weighted by Gasteiger charge is -2.02. The van der Waals surface area contributed by atoms with E-state index in [2.05, 4.69) is 15.3 Å². The SMILES string of the molecule is Cc1nccc(CNCc2csc([N+](=O)[O-])c2)n1. The van der Waals surface area contributed by atoms with Gasteiger partial charge in [0, 0.05) is 30.7 Å². The number of hydrogen-bond acceptors (Lipinski definition) is 6. The molecular formula is C11H12N4O2S. The summed E-state index contributed by atoms with van der Waals surface area (Å²) < 4.78 is 0. The molecule has 2 rings (SSSR count). The molecule has 2 aromatic heterocycles. The van der Waals surface area contributed by atoms with Crippen molar-refractivity contribution < 1.29 is 4.92 Å². The minimum absolute atomic E-state index is 0.171. The van der Waals surface area contributed by atoms with Crippen molar-refractivity contribution in [3.05, 3.63) is 50.9 Å². The molecule has 94 valence electrons. The number of aromatic nitrogens is 2. The Morgan fingerprint density at radius 2 is 2.33 bits per heavy atom. The monoisotopic (exact) mass is 264 g/mol. The average Bonchev–Trinajstić information content (AvgIpc) is 2.78. The third-order valence-corrected chi connectivity index (χ3v) is 3.22. The molecule has 1 N–H and O–H groups in total. The first-order chi connectivity index (χ1) is 8.65. The van der Waals surface area contributed by atoms with Gasteiger partial charge in [-0.05, 0) is 18.6 Å². The number of aryl methyl sites for hydroxylation is 1. The van der Waals surface area contributed by atoms with Gasteiger partial charge < -0.3 is 5.32 Å². The predicted molar refractivity (Wildman–Crippen MR) is 68.3 cm³/mol. The van der Waals surface area contributed by atoms with E-state index in [1.54, 1.807) is 17.6 Å². The van der Waals surface area contributed by atoms with Crippen molar-refractivity contribution in [3.63, 3.8) is 0 Å². The summed E-state index contributed by atoms with van der Waals surface area (Å²) in [5.74, 6) is 0.737. The second kappa shape index (κ2) is 5.65. The highest BCUT2D eigenvalue weighted by molar-refractivity contribution is 7.13. The quantitative estimate of drug-likeness (QED) is 0.660. The Morgan fingerprint density at radius 1 is 1.50 bits per heavy atom. The van der Waals surface area contributed by atoms with E-state index in [0.717, 1.165) is 28.4 Å². The Balaban J connectivity index is 1.86. The van der Waals surface area contributed by atoms with Crippen LogP contribution in [0.4, 0.5) is 5.00 Å². The first-order valence-corrected chi connectivity index (χ1v) is 6.24. The summed E-state index contributed by atoms with van der Waals surface area (Å²) in [4.78, 5) is 18.4. The van der Waals surface area contributed by atoms with Crippen molar-refractivity contribution in [3.8, 4) is 0 Å². The molecule has 0 unspecified atom stereocenters. The lowest BCUT2D eigenvalue weighted by molar-refractivity contribution is -0.380. The van der Waals surface area contributed by atoms with E-state index in [0.29, 0.717) is 13.1 Å². The lowest BCUT2D eigenvalue weighted by atomic mass is 10.3. The average molecular weight is 264 g/mol. The zero-order chi connectivity index (χ0) is 13.0. The standard InChI is InChI=1S/C11H12N4O2S/c1-8-13-3-2-10(14-8)6-12-5-9-4-11(15(16)17)18-7-9/h2-4,7,12H,5-6H2,1H3. The Bertz CT molecular complexity index is 555. The molecule has 0 radical (unpaired) electrons. The van der Waals surface area contributed by atoms with E-state index in [1.807, 2.05) is 13.0 Å². The van der Waals surface area contributed by atoms with Gasteiger partial charge in [0.05, 0.1) is 10.6 Å². The maximum absolute atomic E-state index is 10.5. The van der Waals surface area contributed by atoms with Gasteiger partial charge in [-0.15, -0.1) is 0 Å². The molecule has 7 heteroatoms. The zero-order valence-corrected chi connectivity index (χ0v) is 10.6. The zero-order valence-electron chi connectivity index (χ0n) is 9.79. The highest BCUT2D eigenvalue weighted by Gasteiger charge is 2.08. The number of nitrogens with one attached hydrogen (secondary N) is 1. The molecule has 18 heavy (non-hydrogen) atoms. The Hall–Kier alpha value is -1.86. The molecule has 0 aliphatic heterocycles. The Kier molecular flexibility index (Phi) is 3.96. The van der Waals surface area contributed by atoms with Gasteiger partial charge in [-0.3, -0.25) is 10.1 Å². The number of rotatable bonds is 5. The van der Waals surface area contributed by atoms with Gasteiger partial charge in [0.25, 0.3) is 0 Å². The summed E-state index contributed by atoms with van der Waals surface area (Å²) in [6.45, 7) is 3.05. The predicted octanol–water partition coefficient (Wildman–Crippen LogP) is 2.04. The van der Waals surface area contributed by atoms with Crippen molar-refractivity contribution in [2.45, 2.75) is 20.0 Å². The molecule has 0 aromatic carbocycles. The molecule has 0 fully saturated rings. The maximum atomic E-state index is 10.5. The molecule has 0 spiro atoms. The van der Waals surface area contributed by atoms with Gasteiger partial charge in [0.15, 0.2) is 0 Å². The fraction of sp³-hybridized carbons (Fsp3) is 0.273. The summed E-state index contributed by atoms with van der Waals surface area (Å²) in [7, 11) is 0. The van der Waals surface area contributed by atoms with Crippen LogP contribution in [0, 0.1) is 17.0 Å². The van der Waals surface area contributed by atoms with Gasteiger partial charge in [0.2, 0.25) is 0 Å². The summed E-state index contributed by atoms with van der Waals surface area (Å²) in [5, 5.41) is 15.7. The summed E-state index contributed by atoms with van der Waals surface area (Å²) in [6.07, 6.45) is 1.72. The molecule has 0 saturated carbocycles. The summed E-state index contributed by atoms with van der Waals surface area (Å²) >= 11 is 1.14. The Labute approximate surface area is 108 Å². The smallest absolute Gasteiger partial charge is 0.307 e. The molecule has 0 bridgehead atoms. The van der Waals surface area contributed by atoms with Crippen LogP contribution in [0.1, 0.15) is 17.1 Å². The maximum Gasteiger partial charge on any atom is 0.324 e. The van der Waals surface area contributed by atoms with E-state index in [4.69, 9.17) is 0 Å². The highest BCUT2D eigenvalue weighted by Crippen LogP contribution is 2.22. The first kappa shape index (κ1) is 12.6. The van der Waals surface area contributed by atoms with E-state index in [9.17, 15) is 10.1 Å². The van der Waals surface area contributed by atoms with Crippen LogP contribution in [-0.2, 0) is 13.1 Å². The summed E-state index contributed by atoms with van der Waals surface area (Å²) in [5.41, 5.74) is 1.82. The van der Waals surface area contributed by atoms with Crippen molar-refractivity contribution >= 4 is 16.3 Å². The van der Waals surface area contributed by atoms with Crippen molar-refractivity contribution in [2.24, 2.45) is 0 Å². The van der Waals surface area contributed by atoms with E-state index in [1.165, 1.54) is 0 Å². The van der Waals surface area contributed by atoms with Crippen molar-refractivity contribution in [1.29, 1.82) is 0 Å². The second-order valence-electron chi connectivity index (χ2n) is 3.75. The van der Waals surface area contributed by atoms with Crippen LogP contribution in [0.15, 0.2) is 23.7 Å². The van der Waals surface area contributed by atoms with Crippen LogP contribution in [0.2, 0.25) is 0 Å². The molecular weight excluding hydrogens is 252 g/mol. The normalized spacial score (nSPS) is 10.5. The van der Waals surface area contributed by atoms with Crippen molar-refractivity contribution in [1.82, 2.24) is 15.3 Å². The second-order valence-corrected chi connectivity index (χ2v) is 4.64. The number of nitro groups is 1. The molecule has 0 aliphatic rings. The van der Waals surface area contributed by atoms with Crippen LogP contribution in [0.25, 0.3) is 0 Å². The molecule has 0 atom stereocenters. The third-order valence-electron chi connectivity index (χ3n) is 2.29. The number of hydrogen-bond donors (Lipinski definition) is 1. The fourth-order valence-electron chi connectivity index (χ4n) is 1.49. The lowest BCUT2D eigenvalue weighted by Crippen LogP contribution is -2.13. The van der Waals surface area contributed by atoms with Crippen molar-refractivity contribution in [2.75, 3.05) is 0 Å². The van der Waals surface area contributed by atoms with Crippen LogP contribution >= 0.6 is 11.3 Å². The topological polar surface area (TPSA) is 81.0 Å². The molecule has 2 aromatic rings. The molecule has 0 aliphatic carbocycles. The van der Waals surface area contributed by atoms with Gasteiger partial charge in [-0.25, -0.2) is 9.97 Å². The molecule has 0 amide bonds. The fourth-order valence-corrected chi connectivity index (χ4v) is 2.22. The molecule has 6 nitrogen and oxygen atoms in total. The highest BCUT2D eigenvalue weighted by atomic mass is 32.1. The van der Waals surface area contributed by atoms with E-state index in [-0.39, 0.29) is 9.92 Å². The van der Waals surface area contributed by atoms with Crippen LogP contribution in [-0.4, -0.2) is 14.9 Å². The minimum Gasteiger partial charge on any atom is -0.307 e. The van der Waals surface area contributed by atoms with Gasteiger partial charge in [-0.2, -0.15) is 0 Å².